The molecule has 4 rings (SSSR count). The fourth-order valence-corrected chi connectivity index (χ4v) is 4.48. The summed E-state index contributed by atoms with van der Waals surface area (Å²) in [6, 6.07) is 11.7. The maximum atomic E-state index is 10.8. The number of hydrogen-bond acceptors (Lipinski definition) is 7. The van der Waals surface area contributed by atoms with Gasteiger partial charge in [0, 0.05) is 10.4 Å². The Labute approximate surface area is 181 Å². The van der Waals surface area contributed by atoms with Crippen molar-refractivity contribution < 1.29 is 9.34 Å². The normalized spacial score (nSPS) is 12.1. The van der Waals surface area contributed by atoms with Crippen LogP contribution < -0.4 is 4.80 Å². The second kappa shape index (κ2) is 8.34. The van der Waals surface area contributed by atoms with E-state index in [1.165, 1.54) is 29.7 Å². The fraction of sp³-hybridized carbons (Fsp3) is 0. The maximum Gasteiger partial charge on any atom is 0.433 e. The van der Waals surface area contributed by atoms with Gasteiger partial charge in [0.2, 0.25) is 4.80 Å². The van der Waals surface area contributed by atoms with Gasteiger partial charge in [-0.1, -0.05) is 29.3 Å². The molecule has 0 bridgehead atoms. The quantitative estimate of drug-likeness (QED) is 0.200. The summed E-state index contributed by atoms with van der Waals surface area (Å²) in [6.07, 6.45) is 1.40. The van der Waals surface area contributed by atoms with E-state index in [4.69, 9.17) is 27.6 Å². The summed E-state index contributed by atoms with van der Waals surface area (Å²) in [5.41, 5.74) is 1.37. The zero-order valence-corrected chi connectivity index (χ0v) is 17.5. The Morgan fingerprint density at radius 1 is 1.17 bits per heavy atom. The van der Waals surface area contributed by atoms with E-state index in [9.17, 15) is 10.1 Å². The summed E-state index contributed by atoms with van der Waals surface area (Å²) < 4.78 is 6.78. The molecule has 0 saturated carbocycles. The van der Waals surface area contributed by atoms with E-state index in [0.717, 1.165) is 10.6 Å². The zero-order chi connectivity index (χ0) is 20.4. The lowest BCUT2D eigenvalue weighted by Crippen LogP contribution is -2.11. The third-order valence-electron chi connectivity index (χ3n) is 3.68. The number of hydrogen-bond donors (Lipinski definition) is 0. The Hall–Kier alpha value is -2.72. The minimum atomic E-state index is -0.602. The molecule has 0 spiro atoms. The van der Waals surface area contributed by atoms with Crippen LogP contribution in [-0.4, -0.2) is 15.8 Å². The highest BCUT2D eigenvalue weighted by Crippen LogP contribution is 2.29. The molecular formula is C18H10Cl2N4O3S2. The first-order valence-corrected chi connectivity index (χ1v) is 10.6. The third-order valence-corrected chi connectivity index (χ3v) is 5.92. The first-order chi connectivity index (χ1) is 14.0. The van der Waals surface area contributed by atoms with Gasteiger partial charge >= 0.3 is 5.88 Å². The van der Waals surface area contributed by atoms with Gasteiger partial charge in [0.15, 0.2) is 5.76 Å². The monoisotopic (exact) mass is 464 g/mol. The van der Waals surface area contributed by atoms with Gasteiger partial charge in [-0.25, -0.2) is 9.67 Å². The second-order valence-electron chi connectivity index (χ2n) is 5.58. The van der Waals surface area contributed by atoms with Gasteiger partial charge in [-0.15, -0.1) is 22.7 Å². The van der Waals surface area contributed by atoms with E-state index < -0.39 is 4.92 Å². The molecule has 0 atom stereocenters. The molecule has 146 valence electrons. The number of thiazole rings is 1. The van der Waals surface area contributed by atoms with Crippen LogP contribution >= 0.6 is 45.9 Å². The molecule has 0 radical (unpaired) electrons. The highest BCUT2D eigenvalue weighted by Gasteiger charge is 2.12. The van der Waals surface area contributed by atoms with Crippen LogP contribution in [0.1, 0.15) is 5.76 Å². The lowest BCUT2D eigenvalue weighted by Gasteiger charge is -2.01. The van der Waals surface area contributed by atoms with E-state index in [1.54, 1.807) is 34.2 Å². The summed E-state index contributed by atoms with van der Waals surface area (Å²) in [5, 5.41) is 20.1. The minimum Gasteiger partial charge on any atom is -0.400 e. The van der Waals surface area contributed by atoms with Gasteiger partial charge in [0.05, 0.1) is 33.6 Å². The molecular weight excluding hydrogens is 455 g/mol. The average Bonchev–Trinajstić information content (AvgIpc) is 3.43. The number of rotatable bonds is 5. The molecule has 7 nitrogen and oxygen atoms in total. The Bertz CT molecular complexity index is 1270. The van der Waals surface area contributed by atoms with Crippen molar-refractivity contribution in [3.63, 3.8) is 0 Å². The number of aromatic nitrogens is 1. The van der Waals surface area contributed by atoms with Crippen molar-refractivity contribution in [1.29, 1.82) is 0 Å². The molecule has 0 saturated heterocycles. The van der Waals surface area contributed by atoms with Crippen molar-refractivity contribution in [3.05, 3.63) is 83.9 Å². The van der Waals surface area contributed by atoms with Gasteiger partial charge in [0.25, 0.3) is 0 Å². The first kappa shape index (κ1) is 19.6. The first-order valence-electron chi connectivity index (χ1n) is 8.04. The number of nitro groups is 1. The van der Waals surface area contributed by atoms with Gasteiger partial charge in [-0.2, -0.15) is 5.10 Å². The summed E-state index contributed by atoms with van der Waals surface area (Å²) in [5.74, 6) is -0.0962. The molecule has 11 heteroatoms. The lowest BCUT2D eigenvalue weighted by molar-refractivity contribution is -0.402. The maximum absolute atomic E-state index is 10.8. The van der Waals surface area contributed by atoms with E-state index in [0.29, 0.717) is 20.5 Å². The van der Waals surface area contributed by atoms with E-state index in [1.807, 2.05) is 22.9 Å². The smallest absolute Gasteiger partial charge is 0.400 e. The van der Waals surface area contributed by atoms with E-state index in [-0.39, 0.29) is 11.6 Å². The predicted octanol–water partition coefficient (Wildman–Crippen LogP) is 6.20. The second-order valence-corrected chi connectivity index (χ2v) is 8.21. The molecule has 0 unspecified atom stereocenters. The fourth-order valence-electron chi connectivity index (χ4n) is 2.38. The van der Waals surface area contributed by atoms with Crippen LogP contribution in [0.25, 0.3) is 10.6 Å². The topological polar surface area (TPSA) is 85.9 Å². The molecule has 0 aliphatic carbocycles. The molecule has 29 heavy (non-hydrogen) atoms. The minimum absolute atomic E-state index is 0.253. The third kappa shape index (κ3) is 4.33. The molecule has 1 aromatic carbocycles. The van der Waals surface area contributed by atoms with Gasteiger partial charge in [-0.05, 0) is 35.7 Å². The van der Waals surface area contributed by atoms with Crippen molar-refractivity contribution in [1.82, 2.24) is 4.68 Å². The number of furan rings is 1. The Kier molecular flexibility index (Phi) is 5.63. The van der Waals surface area contributed by atoms with Gasteiger partial charge < -0.3 is 4.42 Å². The Balaban J connectivity index is 1.81. The van der Waals surface area contributed by atoms with Crippen LogP contribution in [0.3, 0.4) is 0 Å². The molecule has 0 aliphatic heterocycles. The Morgan fingerprint density at radius 3 is 2.72 bits per heavy atom. The van der Waals surface area contributed by atoms with Crippen LogP contribution in [0.15, 0.2) is 67.7 Å². The van der Waals surface area contributed by atoms with Crippen LogP contribution in [0.2, 0.25) is 10.0 Å². The van der Waals surface area contributed by atoms with Crippen LogP contribution in [0, 0.1) is 10.1 Å². The summed E-state index contributed by atoms with van der Waals surface area (Å²) >= 11 is 15.1. The van der Waals surface area contributed by atoms with Crippen LogP contribution in [0.5, 0.6) is 0 Å². The summed E-state index contributed by atoms with van der Waals surface area (Å²) in [7, 11) is 0. The van der Waals surface area contributed by atoms with E-state index in [2.05, 4.69) is 10.1 Å². The van der Waals surface area contributed by atoms with Crippen molar-refractivity contribution in [3.8, 4) is 10.6 Å². The van der Waals surface area contributed by atoms with Gasteiger partial charge in [0.1, 0.15) is 4.92 Å². The summed E-state index contributed by atoms with van der Waals surface area (Å²) in [6.45, 7) is 0. The highest BCUT2D eigenvalue weighted by atomic mass is 35.5. The molecule has 0 fully saturated rings. The molecule has 3 heterocycles. The molecule has 3 aromatic heterocycles. The molecule has 0 N–H and O–H groups in total. The van der Waals surface area contributed by atoms with Crippen molar-refractivity contribution in [2.45, 2.75) is 0 Å². The summed E-state index contributed by atoms with van der Waals surface area (Å²) in [4.78, 5) is 16.4. The van der Waals surface area contributed by atoms with Crippen LogP contribution in [0.4, 0.5) is 11.6 Å². The molecule has 4 aromatic rings. The zero-order valence-electron chi connectivity index (χ0n) is 14.4. The number of nitrogens with zero attached hydrogens (tertiary/aromatic N) is 4. The predicted molar refractivity (Wildman–Crippen MR) is 116 cm³/mol. The Morgan fingerprint density at radius 2 is 2.03 bits per heavy atom. The van der Waals surface area contributed by atoms with Crippen LogP contribution in [-0.2, 0) is 0 Å². The SMILES string of the molecule is O=[N+]([O-])c1ccc(C=Nn2c(-c3cccs3)csc2=Nc2ccc(Cl)cc2Cl)o1. The van der Waals surface area contributed by atoms with Gasteiger partial charge in [-0.3, -0.25) is 10.1 Å². The number of benzene rings is 1. The average molecular weight is 465 g/mol. The lowest BCUT2D eigenvalue weighted by atomic mass is 10.3. The van der Waals surface area contributed by atoms with Crippen molar-refractivity contribution >= 4 is 63.7 Å². The highest BCUT2D eigenvalue weighted by molar-refractivity contribution is 7.14. The number of halogens is 2. The molecule has 0 amide bonds. The van der Waals surface area contributed by atoms with E-state index >= 15 is 0 Å². The standard InChI is InChI=1S/C18H10Cl2N4O3S2/c19-11-3-5-14(13(20)8-11)22-18-23(15(10-29-18)16-2-1-7-28-16)21-9-12-4-6-17(27-12)24(25)26/h1-10H. The number of thiophene rings is 1. The largest absolute Gasteiger partial charge is 0.433 e. The van der Waals surface area contributed by atoms with Crippen molar-refractivity contribution in [2.24, 2.45) is 10.1 Å². The van der Waals surface area contributed by atoms with Crippen molar-refractivity contribution in [2.75, 3.05) is 0 Å². The molecule has 0 aliphatic rings.